The van der Waals surface area contributed by atoms with Crippen molar-refractivity contribution in [2.45, 2.75) is 13.3 Å². The number of amides is 1. The Morgan fingerprint density at radius 2 is 1.88 bits per heavy atom. The highest BCUT2D eigenvalue weighted by molar-refractivity contribution is 5.94. The summed E-state index contributed by atoms with van der Waals surface area (Å²) in [6.45, 7) is 3.86. The van der Waals surface area contributed by atoms with Crippen LogP contribution in [-0.4, -0.2) is 65.8 Å². The van der Waals surface area contributed by atoms with Crippen LogP contribution in [0.3, 0.4) is 0 Å². The Balaban J connectivity index is 1.82. The van der Waals surface area contributed by atoms with E-state index in [0.717, 1.165) is 11.1 Å². The van der Waals surface area contributed by atoms with E-state index in [9.17, 15) is 9.59 Å². The maximum absolute atomic E-state index is 12.7. The number of benzene rings is 1. The predicted octanol–water partition coefficient (Wildman–Crippen LogP) is 1.07. The molecule has 0 atom stereocenters. The Kier molecular flexibility index (Phi) is 7.87. The topological polar surface area (TPSA) is 127 Å². The van der Waals surface area contributed by atoms with Crippen molar-refractivity contribution < 1.29 is 9.63 Å². The first-order chi connectivity index (χ1) is 15.4. The molecular weight excluding hydrogens is 410 g/mol. The van der Waals surface area contributed by atoms with Crippen LogP contribution in [0.25, 0.3) is 16.7 Å². The van der Waals surface area contributed by atoms with E-state index in [1.54, 1.807) is 35.4 Å². The molecule has 0 aliphatic carbocycles. The van der Waals surface area contributed by atoms with Gasteiger partial charge in [-0.05, 0) is 43.7 Å². The summed E-state index contributed by atoms with van der Waals surface area (Å²) in [6, 6.07) is 10.0. The minimum absolute atomic E-state index is 0.182. The lowest BCUT2D eigenvalue weighted by Gasteiger charge is -2.13. The molecule has 0 bridgehead atoms. The molecule has 0 fully saturated rings. The molecule has 32 heavy (non-hydrogen) atoms. The first-order valence-electron chi connectivity index (χ1n) is 10.4. The number of nitrogens with two attached hydrogens (primary N) is 1. The molecule has 1 amide bonds. The van der Waals surface area contributed by atoms with Crippen molar-refractivity contribution in [3.05, 3.63) is 58.0 Å². The third kappa shape index (κ3) is 5.67. The van der Waals surface area contributed by atoms with E-state index in [2.05, 4.69) is 20.6 Å². The lowest BCUT2D eigenvalue weighted by molar-refractivity contribution is -0.119. The lowest BCUT2D eigenvalue weighted by atomic mass is 10.1. The lowest BCUT2D eigenvalue weighted by Crippen LogP contribution is -2.26. The molecule has 2 aromatic heterocycles. The first-order valence-corrected chi connectivity index (χ1v) is 10.4. The van der Waals surface area contributed by atoms with E-state index < -0.39 is 0 Å². The number of hydrogen-bond acceptors (Lipinski definition) is 8. The van der Waals surface area contributed by atoms with Crippen molar-refractivity contribution in [3.8, 4) is 5.69 Å². The van der Waals surface area contributed by atoms with E-state index in [1.807, 2.05) is 21.0 Å². The van der Waals surface area contributed by atoms with Crippen molar-refractivity contribution in [2.75, 3.05) is 45.7 Å². The van der Waals surface area contributed by atoms with Gasteiger partial charge in [-0.25, -0.2) is 4.98 Å². The van der Waals surface area contributed by atoms with Crippen molar-refractivity contribution in [1.82, 2.24) is 24.9 Å². The summed E-state index contributed by atoms with van der Waals surface area (Å²) in [6.07, 6.45) is 0.701. The number of nitrogens with zero attached hydrogens (tertiary/aromatic N) is 4. The van der Waals surface area contributed by atoms with Gasteiger partial charge in [0.25, 0.3) is 11.5 Å². The van der Waals surface area contributed by atoms with Gasteiger partial charge in [-0.1, -0.05) is 0 Å². The number of pyridine rings is 1. The normalized spacial score (nSPS) is 11.2. The van der Waals surface area contributed by atoms with Crippen LogP contribution in [0, 0.1) is 6.92 Å². The Morgan fingerprint density at radius 1 is 1.12 bits per heavy atom. The molecule has 10 nitrogen and oxygen atoms in total. The minimum atomic E-state index is -0.224. The van der Waals surface area contributed by atoms with Crippen LogP contribution < -0.4 is 21.9 Å². The number of carbonyl (C=O) groups excluding carboxylic acids is 1. The van der Waals surface area contributed by atoms with Crippen LogP contribution in [0.2, 0.25) is 0 Å². The summed E-state index contributed by atoms with van der Waals surface area (Å²) in [4.78, 5) is 39.4. The SMILES string of the molecule is Cc1nc(NCCN)nc2c1ccc(=O)n2-c1ccc(C(=O)NCCCON(C)C)cc1. The van der Waals surface area contributed by atoms with E-state index in [-0.39, 0.29) is 11.5 Å². The van der Waals surface area contributed by atoms with Gasteiger partial charge in [0.15, 0.2) is 5.65 Å². The van der Waals surface area contributed by atoms with Crippen LogP contribution in [0.1, 0.15) is 22.5 Å². The maximum atomic E-state index is 12.7. The number of hydroxylamine groups is 2. The second kappa shape index (κ2) is 10.8. The molecule has 10 heteroatoms. The fourth-order valence-electron chi connectivity index (χ4n) is 3.16. The standard InChI is InChI=1S/C22H29N7O3/c1-15-18-9-10-19(30)29(20(18)27-22(26-15)25-13-11-23)17-7-5-16(6-8-17)21(31)24-12-4-14-32-28(2)3/h5-10H,4,11-14,23H2,1-3H3,(H,24,31)(H,25,26,27). The zero-order valence-corrected chi connectivity index (χ0v) is 18.6. The number of nitrogens with one attached hydrogen (secondary N) is 2. The predicted molar refractivity (Wildman–Crippen MR) is 124 cm³/mol. The molecular formula is C22H29N7O3. The summed E-state index contributed by atoms with van der Waals surface area (Å²) in [7, 11) is 3.62. The largest absolute Gasteiger partial charge is 0.353 e. The van der Waals surface area contributed by atoms with Gasteiger partial charge >= 0.3 is 0 Å². The quantitative estimate of drug-likeness (QED) is 0.316. The molecule has 2 heterocycles. The maximum Gasteiger partial charge on any atom is 0.256 e. The Hall–Kier alpha value is -3.34. The summed E-state index contributed by atoms with van der Waals surface area (Å²) < 4.78 is 1.51. The van der Waals surface area contributed by atoms with Crippen LogP contribution in [0.15, 0.2) is 41.2 Å². The molecule has 3 aromatic rings. The highest BCUT2D eigenvalue weighted by Gasteiger charge is 2.12. The number of anilines is 1. The number of hydrogen-bond donors (Lipinski definition) is 3. The molecule has 1 aromatic carbocycles. The highest BCUT2D eigenvalue weighted by Crippen LogP contribution is 2.19. The fraction of sp³-hybridized carbons (Fsp3) is 0.364. The van der Waals surface area contributed by atoms with Crippen molar-refractivity contribution in [1.29, 1.82) is 0 Å². The summed E-state index contributed by atoms with van der Waals surface area (Å²) in [5.74, 6) is 0.229. The van der Waals surface area contributed by atoms with Gasteiger partial charge in [0.2, 0.25) is 5.95 Å². The van der Waals surface area contributed by atoms with Gasteiger partial charge in [0.1, 0.15) is 0 Å². The van der Waals surface area contributed by atoms with Crippen LogP contribution in [0.4, 0.5) is 5.95 Å². The van der Waals surface area contributed by atoms with Crippen LogP contribution >= 0.6 is 0 Å². The molecule has 0 saturated heterocycles. The zero-order valence-electron chi connectivity index (χ0n) is 18.6. The monoisotopic (exact) mass is 439 g/mol. The Bertz CT molecular complexity index is 1130. The fourth-order valence-corrected chi connectivity index (χ4v) is 3.16. The molecule has 170 valence electrons. The molecule has 4 N–H and O–H groups in total. The molecule has 0 aliphatic heterocycles. The highest BCUT2D eigenvalue weighted by atomic mass is 16.7. The van der Waals surface area contributed by atoms with Gasteiger partial charge in [-0.2, -0.15) is 10.0 Å². The number of carbonyl (C=O) groups is 1. The third-order valence-corrected chi connectivity index (χ3v) is 4.71. The summed E-state index contributed by atoms with van der Waals surface area (Å²) in [5, 5.41) is 8.31. The van der Waals surface area contributed by atoms with Gasteiger partial charge in [0, 0.05) is 50.7 Å². The molecule has 0 unspecified atom stereocenters. The van der Waals surface area contributed by atoms with E-state index >= 15 is 0 Å². The van der Waals surface area contributed by atoms with Crippen LogP contribution in [0.5, 0.6) is 0 Å². The van der Waals surface area contributed by atoms with Gasteiger partial charge in [0.05, 0.1) is 18.0 Å². The number of aromatic nitrogens is 3. The van der Waals surface area contributed by atoms with Crippen LogP contribution in [-0.2, 0) is 4.84 Å². The third-order valence-electron chi connectivity index (χ3n) is 4.71. The average Bonchev–Trinajstić information content (AvgIpc) is 2.77. The zero-order chi connectivity index (χ0) is 23.1. The van der Waals surface area contributed by atoms with Gasteiger partial charge in [-0.3, -0.25) is 19.0 Å². The van der Waals surface area contributed by atoms with E-state index in [0.29, 0.717) is 55.5 Å². The van der Waals surface area contributed by atoms with Gasteiger partial charge < -0.3 is 16.4 Å². The molecule has 0 spiro atoms. The molecule has 0 radical (unpaired) electrons. The van der Waals surface area contributed by atoms with E-state index in [4.69, 9.17) is 10.6 Å². The smallest absolute Gasteiger partial charge is 0.256 e. The Morgan fingerprint density at radius 3 is 2.56 bits per heavy atom. The van der Waals surface area contributed by atoms with E-state index in [1.165, 1.54) is 10.6 Å². The van der Waals surface area contributed by atoms with Crippen molar-refractivity contribution >= 4 is 22.9 Å². The average molecular weight is 440 g/mol. The molecule has 0 aliphatic rings. The first kappa shape index (κ1) is 23.3. The minimum Gasteiger partial charge on any atom is -0.353 e. The Labute approximate surface area is 186 Å². The molecule has 3 rings (SSSR count). The summed E-state index contributed by atoms with van der Waals surface area (Å²) >= 11 is 0. The van der Waals surface area contributed by atoms with Crippen molar-refractivity contribution in [3.63, 3.8) is 0 Å². The van der Waals surface area contributed by atoms with Gasteiger partial charge in [-0.15, -0.1) is 0 Å². The number of rotatable bonds is 10. The van der Waals surface area contributed by atoms with Crippen molar-refractivity contribution in [2.24, 2.45) is 5.73 Å². The second-order valence-electron chi connectivity index (χ2n) is 7.39. The summed E-state index contributed by atoms with van der Waals surface area (Å²) in [5.41, 5.74) is 7.68. The molecule has 0 saturated carbocycles. The number of aryl methyl sites for hydroxylation is 1. The number of fused-ring (bicyclic) bond motifs is 1. The second-order valence-corrected chi connectivity index (χ2v) is 7.39.